The predicted molar refractivity (Wildman–Crippen MR) is 89.1 cm³/mol. The van der Waals surface area contributed by atoms with E-state index in [1.807, 2.05) is 54.8 Å². The first-order chi connectivity index (χ1) is 11.1. The Morgan fingerprint density at radius 2 is 2.09 bits per heavy atom. The molecule has 0 aliphatic rings. The number of hydrogen-bond donors (Lipinski definition) is 1. The van der Waals surface area contributed by atoms with Crippen molar-refractivity contribution in [3.63, 3.8) is 0 Å². The fourth-order valence-corrected chi connectivity index (χ4v) is 2.36. The summed E-state index contributed by atoms with van der Waals surface area (Å²) in [6.07, 6.45) is 3.40. The number of imidazole rings is 1. The van der Waals surface area contributed by atoms with Gasteiger partial charge in [-0.1, -0.05) is 18.2 Å². The van der Waals surface area contributed by atoms with Crippen LogP contribution in [0.4, 0.5) is 0 Å². The summed E-state index contributed by atoms with van der Waals surface area (Å²) in [5.74, 6) is 0.605. The maximum absolute atomic E-state index is 12.2. The van der Waals surface area contributed by atoms with E-state index in [-0.39, 0.29) is 12.5 Å². The van der Waals surface area contributed by atoms with Crippen molar-refractivity contribution in [2.45, 2.75) is 20.4 Å². The summed E-state index contributed by atoms with van der Waals surface area (Å²) in [7, 11) is 0. The molecule has 0 radical (unpaired) electrons. The summed E-state index contributed by atoms with van der Waals surface area (Å²) < 4.78 is 1.87. The zero-order chi connectivity index (χ0) is 16.2. The molecule has 0 fully saturated rings. The highest BCUT2D eigenvalue weighted by molar-refractivity contribution is 5.98. The number of hydrazone groups is 1. The highest BCUT2D eigenvalue weighted by Crippen LogP contribution is 2.14. The average Bonchev–Trinajstić information content (AvgIpc) is 2.89. The quantitative estimate of drug-likeness (QED) is 0.593. The number of pyridine rings is 1. The van der Waals surface area contributed by atoms with Gasteiger partial charge in [0.05, 0.1) is 16.7 Å². The van der Waals surface area contributed by atoms with Crippen LogP contribution in [0.3, 0.4) is 0 Å². The summed E-state index contributed by atoms with van der Waals surface area (Å²) in [6.45, 7) is 3.89. The molecule has 116 valence electrons. The molecule has 6 heteroatoms. The maximum atomic E-state index is 12.2. The van der Waals surface area contributed by atoms with Crippen LogP contribution in [0.1, 0.15) is 18.3 Å². The van der Waals surface area contributed by atoms with Crippen LogP contribution in [0, 0.1) is 6.92 Å². The predicted octanol–water partition coefficient (Wildman–Crippen LogP) is 2.28. The third kappa shape index (κ3) is 3.26. The van der Waals surface area contributed by atoms with E-state index in [9.17, 15) is 4.79 Å². The number of para-hydroxylation sites is 2. The van der Waals surface area contributed by atoms with Gasteiger partial charge >= 0.3 is 0 Å². The van der Waals surface area contributed by atoms with Crippen LogP contribution in [0.5, 0.6) is 0 Å². The first-order valence-corrected chi connectivity index (χ1v) is 7.30. The first kappa shape index (κ1) is 14.9. The van der Waals surface area contributed by atoms with E-state index in [1.165, 1.54) is 0 Å². The standard InChI is InChI=1S/C17H17N5O/c1-12(14-6-5-9-18-10-14)20-21-17(23)11-22-13(2)19-15-7-3-4-8-16(15)22/h3-10H,11H2,1-2H3,(H,21,23)/b20-12+. The Kier molecular flexibility index (Phi) is 4.14. The molecule has 1 aromatic carbocycles. The summed E-state index contributed by atoms with van der Waals surface area (Å²) in [5.41, 5.74) is 5.98. The number of rotatable bonds is 4. The molecule has 0 unspecified atom stereocenters. The molecule has 0 bridgehead atoms. The van der Waals surface area contributed by atoms with Gasteiger partial charge in [0.15, 0.2) is 0 Å². The fraction of sp³-hybridized carbons (Fsp3) is 0.176. The normalized spacial score (nSPS) is 11.7. The summed E-state index contributed by atoms with van der Waals surface area (Å²) >= 11 is 0. The van der Waals surface area contributed by atoms with Gasteiger partial charge in [-0.05, 0) is 32.0 Å². The van der Waals surface area contributed by atoms with Gasteiger partial charge in [0.2, 0.25) is 0 Å². The molecule has 6 nitrogen and oxygen atoms in total. The Morgan fingerprint density at radius 1 is 1.26 bits per heavy atom. The third-order valence-electron chi connectivity index (χ3n) is 3.57. The summed E-state index contributed by atoms with van der Waals surface area (Å²) in [5, 5.41) is 4.13. The molecule has 0 saturated carbocycles. The van der Waals surface area contributed by atoms with Crippen molar-refractivity contribution < 1.29 is 4.79 Å². The van der Waals surface area contributed by atoms with Crippen LogP contribution in [0.2, 0.25) is 0 Å². The minimum atomic E-state index is -0.195. The number of benzene rings is 1. The Morgan fingerprint density at radius 3 is 2.87 bits per heavy atom. The van der Waals surface area contributed by atoms with Crippen LogP contribution >= 0.6 is 0 Å². The number of carbonyl (C=O) groups is 1. The van der Waals surface area contributed by atoms with Crippen molar-refractivity contribution in [3.05, 3.63) is 60.2 Å². The smallest absolute Gasteiger partial charge is 0.260 e. The SMILES string of the molecule is C/C(=N\NC(=O)Cn1c(C)nc2ccccc21)c1cccnc1. The lowest BCUT2D eigenvalue weighted by atomic mass is 10.2. The van der Waals surface area contributed by atoms with Crippen LogP contribution < -0.4 is 5.43 Å². The first-order valence-electron chi connectivity index (χ1n) is 7.30. The van der Waals surface area contributed by atoms with Crippen LogP contribution in [-0.4, -0.2) is 26.2 Å². The molecule has 1 N–H and O–H groups in total. The average molecular weight is 307 g/mol. The number of nitrogens with zero attached hydrogens (tertiary/aromatic N) is 4. The molecule has 0 saturated heterocycles. The Balaban J connectivity index is 1.73. The van der Waals surface area contributed by atoms with Crippen molar-refractivity contribution in [1.29, 1.82) is 0 Å². The summed E-state index contributed by atoms with van der Waals surface area (Å²) in [6, 6.07) is 11.5. The molecule has 1 amide bonds. The van der Waals surface area contributed by atoms with E-state index in [0.29, 0.717) is 5.71 Å². The lowest BCUT2D eigenvalue weighted by molar-refractivity contribution is -0.121. The minimum Gasteiger partial charge on any atom is -0.319 e. The van der Waals surface area contributed by atoms with Crippen molar-refractivity contribution in [3.8, 4) is 0 Å². The molecule has 2 heterocycles. The monoisotopic (exact) mass is 307 g/mol. The number of carbonyl (C=O) groups excluding carboxylic acids is 1. The van der Waals surface area contributed by atoms with Gasteiger partial charge in [0.1, 0.15) is 12.4 Å². The topological polar surface area (TPSA) is 72.2 Å². The minimum absolute atomic E-state index is 0.177. The van der Waals surface area contributed by atoms with E-state index >= 15 is 0 Å². The number of fused-ring (bicyclic) bond motifs is 1. The van der Waals surface area contributed by atoms with Crippen LogP contribution in [-0.2, 0) is 11.3 Å². The number of nitrogens with one attached hydrogen (secondary N) is 1. The van der Waals surface area contributed by atoms with Gasteiger partial charge in [-0.15, -0.1) is 0 Å². The van der Waals surface area contributed by atoms with Crippen LogP contribution in [0.15, 0.2) is 53.9 Å². The lowest BCUT2D eigenvalue weighted by Crippen LogP contribution is -2.24. The summed E-state index contributed by atoms with van der Waals surface area (Å²) in [4.78, 5) is 20.6. The van der Waals surface area contributed by atoms with Crippen molar-refractivity contribution in [2.75, 3.05) is 0 Å². The zero-order valence-electron chi connectivity index (χ0n) is 13.0. The van der Waals surface area contributed by atoms with E-state index in [0.717, 1.165) is 22.4 Å². The van der Waals surface area contributed by atoms with Gasteiger partial charge in [-0.3, -0.25) is 9.78 Å². The molecule has 0 spiro atoms. The highest BCUT2D eigenvalue weighted by atomic mass is 16.2. The molecular weight excluding hydrogens is 290 g/mol. The number of aryl methyl sites for hydroxylation is 1. The fourth-order valence-electron chi connectivity index (χ4n) is 2.36. The second-order valence-corrected chi connectivity index (χ2v) is 5.21. The third-order valence-corrected chi connectivity index (χ3v) is 3.57. The Hall–Kier alpha value is -3.02. The Bertz CT molecular complexity index is 867. The molecule has 2 aromatic heterocycles. The van der Waals surface area contributed by atoms with E-state index < -0.39 is 0 Å². The molecule has 23 heavy (non-hydrogen) atoms. The largest absolute Gasteiger partial charge is 0.319 e. The van der Waals surface area contributed by atoms with E-state index in [2.05, 4.69) is 20.5 Å². The number of hydrogen-bond acceptors (Lipinski definition) is 4. The van der Waals surface area contributed by atoms with Crippen molar-refractivity contribution in [1.82, 2.24) is 20.0 Å². The van der Waals surface area contributed by atoms with Crippen molar-refractivity contribution >= 4 is 22.7 Å². The molecule has 0 aliphatic carbocycles. The second kappa shape index (κ2) is 6.39. The van der Waals surface area contributed by atoms with Crippen molar-refractivity contribution in [2.24, 2.45) is 5.10 Å². The molecule has 0 aliphatic heterocycles. The van der Waals surface area contributed by atoms with Gasteiger partial charge in [-0.25, -0.2) is 10.4 Å². The lowest BCUT2D eigenvalue weighted by Gasteiger charge is -2.06. The van der Waals surface area contributed by atoms with Gasteiger partial charge < -0.3 is 4.57 Å². The second-order valence-electron chi connectivity index (χ2n) is 5.21. The zero-order valence-corrected chi connectivity index (χ0v) is 13.0. The van der Waals surface area contributed by atoms with Crippen LogP contribution in [0.25, 0.3) is 11.0 Å². The molecule has 0 atom stereocenters. The van der Waals surface area contributed by atoms with E-state index in [1.54, 1.807) is 12.4 Å². The molecular formula is C17H17N5O. The maximum Gasteiger partial charge on any atom is 0.260 e. The number of aromatic nitrogens is 3. The van der Waals surface area contributed by atoms with Gasteiger partial charge in [0.25, 0.3) is 5.91 Å². The van der Waals surface area contributed by atoms with Gasteiger partial charge in [-0.2, -0.15) is 5.10 Å². The van der Waals surface area contributed by atoms with Gasteiger partial charge in [0, 0.05) is 18.0 Å². The van der Waals surface area contributed by atoms with E-state index in [4.69, 9.17) is 0 Å². The number of amides is 1. The molecule has 3 rings (SSSR count). The molecule has 3 aromatic rings. The Labute approximate surface area is 133 Å². The highest BCUT2D eigenvalue weighted by Gasteiger charge is 2.10.